The highest BCUT2D eigenvalue weighted by molar-refractivity contribution is 5.33. The second-order valence-electron chi connectivity index (χ2n) is 6.18. The van der Waals surface area contributed by atoms with Gasteiger partial charge in [0.15, 0.2) is 0 Å². The molecule has 2 aromatic carbocycles. The van der Waals surface area contributed by atoms with Gasteiger partial charge in [0.2, 0.25) is 0 Å². The second-order valence-corrected chi connectivity index (χ2v) is 6.18. The predicted octanol–water partition coefficient (Wildman–Crippen LogP) is 4.16. The quantitative estimate of drug-likeness (QED) is 0.916. The summed E-state index contributed by atoms with van der Waals surface area (Å²) < 4.78 is 19.0. The molecule has 0 unspecified atom stereocenters. The highest BCUT2D eigenvalue weighted by Gasteiger charge is 2.14. The van der Waals surface area contributed by atoms with Crippen LogP contribution >= 0.6 is 0 Å². The van der Waals surface area contributed by atoms with Crippen molar-refractivity contribution in [1.82, 2.24) is 0 Å². The Morgan fingerprint density at radius 2 is 1.81 bits per heavy atom. The molecule has 2 nitrogen and oxygen atoms in total. The number of hydrogen-bond donors (Lipinski definition) is 1. The second kappa shape index (κ2) is 6.27. The Morgan fingerprint density at radius 1 is 1.05 bits per heavy atom. The van der Waals surface area contributed by atoms with E-state index in [2.05, 4.69) is 26.8 Å². The molecule has 0 spiro atoms. The Balaban J connectivity index is 2.13. The lowest BCUT2D eigenvalue weighted by Gasteiger charge is -2.20. The first-order chi connectivity index (χ1) is 9.90. The van der Waals surface area contributed by atoms with E-state index in [0.717, 1.165) is 16.9 Å². The van der Waals surface area contributed by atoms with E-state index in [1.54, 1.807) is 6.07 Å². The van der Waals surface area contributed by atoms with E-state index >= 15 is 0 Å². The van der Waals surface area contributed by atoms with Crippen LogP contribution in [0.1, 0.15) is 37.5 Å². The van der Waals surface area contributed by atoms with E-state index in [9.17, 15) is 4.39 Å². The molecule has 0 aliphatic carbocycles. The normalized spacial score (nSPS) is 11.5. The number of hydrogen-bond acceptors (Lipinski definition) is 2. The van der Waals surface area contributed by atoms with Gasteiger partial charge in [-0.1, -0.05) is 39.0 Å². The molecule has 0 aromatic heterocycles. The average molecular weight is 287 g/mol. The van der Waals surface area contributed by atoms with Crippen LogP contribution in [0, 0.1) is 5.82 Å². The van der Waals surface area contributed by atoms with Crippen LogP contribution in [0.15, 0.2) is 42.5 Å². The van der Waals surface area contributed by atoms with E-state index in [4.69, 9.17) is 10.5 Å². The summed E-state index contributed by atoms with van der Waals surface area (Å²) in [4.78, 5) is 0. The fourth-order valence-corrected chi connectivity index (χ4v) is 2.14. The number of benzene rings is 2. The zero-order chi connectivity index (χ0) is 15.5. The Hall–Kier alpha value is -1.87. The fourth-order valence-electron chi connectivity index (χ4n) is 2.14. The lowest BCUT2D eigenvalue weighted by atomic mass is 9.87. The summed E-state index contributed by atoms with van der Waals surface area (Å²) in [5, 5.41) is 0. The van der Waals surface area contributed by atoms with Crippen molar-refractivity contribution in [2.24, 2.45) is 5.73 Å². The molecule has 0 fully saturated rings. The van der Waals surface area contributed by atoms with Gasteiger partial charge in [-0.15, -0.1) is 0 Å². The number of nitrogens with two attached hydrogens (primary N) is 1. The van der Waals surface area contributed by atoms with Crippen LogP contribution in [0.3, 0.4) is 0 Å². The molecule has 0 atom stereocenters. The first-order valence-electron chi connectivity index (χ1n) is 7.11. The van der Waals surface area contributed by atoms with Gasteiger partial charge in [-0.2, -0.15) is 0 Å². The van der Waals surface area contributed by atoms with E-state index in [-0.39, 0.29) is 11.2 Å². The molecule has 21 heavy (non-hydrogen) atoms. The van der Waals surface area contributed by atoms with Gasteiger partial charge in [0, 0.05) is 6.54 Å². The highest BCUT2D eigenvalue weighted by Crippen LogP contribution is 2.26. The summed E-state index contributed by atoms with van der Waals surface area (Å²) in [5.41, 5.74) is 8.65. The number of halogens is 1. The van der Waals surface area contributed by atoms with E-state index in [1.807, 2.05) is 18.2 Å². The van der Waals surface area contributed by atoms with Crippen molar-refractivity contribution in [2.45, 2.75) is 39.3 Å². The number of rotatable bonds is 4. The first kappa shape index (κ1) is 15.5. The van der Waals surface area contributed by atoms with Gasteiger partial charge in [-0.3, -0.25) is 0 Å². The maximum Gasteiger partial charge on any atom is 0.123 e. The van der Waals surface area contributed by atoms with Crippen LogP contribution in [0.25, 0.3) is 0 Å². The van der Waals surface area contributed by atoms with Crippen molar-refractivity contribution in [3.63, 3.8) is 0 Å². The van der Waals surface area contributed by atoms with Crippen LogP contribution in [0.2, 0.25) is 0 Å². The smallest absolute Gasteiger partial charge is 0.123 e. The van der Waals surface area contributed by atoms with E-state index < -0.39 is 0 Å². The Labute approximate surface area is 125 Å². The number of ether oxygens (including phenoxy) is 1. The summed E-state index contributed by atoms with van der Waals surface area (Å²) >= 11 is 0. The van der Waals surface area contributed by atoms with Crippen LogP contribution < -0.4 is 10.5 Å². The van der Waals surface area contributed by atoms with Crippen molar-refractivity contribution in [2.75, 3.05) is 0 Å². The van der Waals surface area contributed by atoms with E-state index in [0.29, 0.717) is 13.2 Å². The fraction of sp³-hybridized carbons (Fsp3) is 0.333. The lowest BCUT2D eigenvalue weighted by molar-refractivity contribution is 0.304. The van der Waals surface area contributed by atoms with Gasteiger partial charge in [0.1, 0.15) is 18.2 Å². The molecule has 0 heterocycles. The highest BCUT2D eigenvalue weighted by atomic mass is 19.1. The molecule has 0 radical (unpaired) electrons. The van der Waals surface area contributed by atoms with E-state index in [1.165, 1.54) is 17.7 Å². The average Bonchev–Trinajstić information content (AvgIpc) is 2.45. The molecule has 2 aromatic rings. The Morgan fingerprint density at radius 3 is 2.48 bits per heavy atom. The standard InChI is InChI=1S/C18H22FNO/c1-18(2,3)15-5-4-6-17(10-15)21-12-13-7-8-16(19)9-14(13)11-20/h4-10H,11-12,20H2,1-3H3. The molecular formula is C18H22FNO. The van der Waals surface area contributed by atoms with Gasteiger partial charge in [0.05, 0.1) is 0 Å². The minimum absolute atomic E-state index is 0.0810. The summed E-state index contributed by atoms with van der Waals surface area (Å²) in [6.07, 6.45) is 0. The van der Waals surface area contributed by atoms with Crippen molar-refractivity contribution in [1.29, 1.82) is 0 Å². The summed E-state index contributed by atoms with van der Waals surface area (Å²) in [6.45, 7) is 7.19. The van der Waals surface area contributed by atoms with Gasteiger partial charge in [-0.05, 0) is 46.4 Å². The molecule has 0 amide bonds. The minimum Gasteiger partial charge on any atom is -0.489 e. The molecule has 2 N–H and O–H groups in total. The van der Waals surface area contributed by atoms with Crippen LogP contribution in [-0.2, 0) is 18.6 Å². The molecule has 0 aliphatic heterocycles. The van der Waals surface area contributed by atoms with Crippen molar-refractivity contribution >= 4 is 0 Å². The summed E-state index contributed by atoms with van der Waals surface area (Å²) in [7, 11) is 0. The Kier molecular flexibility index (Phi) is 4.63. The summed E-state index contributed by atoms with van der Waals surface area (Å²) in [5.74, 6) is 0.545. The molecule has 2 rings (SSSR count). The molecule has 112 valence electrons. The topological polar surface area (TPSA) is 35.2 Å². The third-order valence-electron chi connectivity index (χ3n) is 3.48. The molecule has 0 saturated heterocycles. The van der Waals surface area contributed by atoms with Crippen LogP contribution in [0.5, 0.6) is 5.75 Å². The zero-order valence-corrected chi connectivity index (χ0v) is 12.8. The minimum atomic E-state index is -0.270. The van der Waals surface area contributed by atoms with Crippen molar-refractivity contribution in [3.8, 4) is 5.75 Å². The third-order valence-corrected chi connectivity index (χ3v) is 3.48. The van der Waals surface area contributed by atoms with Gasteiger partial charge >= 0.3 is 0 Å². The molecule has 0 bridgehead atoms. The van der Waals surface area contributed by atoms with Gasteiger partial charge < -0.3 is 10.5 Å². The van der Waals surface area contributed by atoms with Crippen LogP contribution in [0.4, 0.5) is 4.39 Å². The molecular weight excluding hydrogens is 265 g/mol. The SMILES string of the molecule is CC(C)(C)c1cccc(OCc2ccc(F)cc2CN)c1. The maximum absolute atomic E-state index is 13.2. The predicted molar refractivity (Wildman–Crippen MR) is 83.8 cm³/mol. The lowest BCUT2D eigenvalue weighted by Crippen LogP contribution is -2.11. The molecule has 0 aliphatic rings. The summed E-state index contributed by atoms with van der Waals surface area (Å²) in [6, 6.07) is 12.7. The third kappa shape index (κ3) is 4.05. The molecule has 0 saturated carbocycles. The zero-order valence-electron chi connectivity index (χ0n) is 12.8. The Bertz CT molecular complexity index is 617. The monoisotopic (exact) mass is 287 g/mol. The van der Waals surface area contributed by atoms with Gasteiger partial charge in [-0.25, -0.2) is 4.39 Å². The molecule has 3 heteroatoms. The van der Waals surface area contributed by atoms with Gasteiger partial charge in [0.25, 0.3) is 0 Å². The van der Waals surface area contributed by atoms with Crippen LogP contribution in [-0.4, -0.2) is 0 Å². The van der Waals surface area contributed by atoms with Crippen molar-refractivity contribution < 1.29 is 9.13 Å². The van der Waals surface area contributed by atoms with Crippen molar-refractivity contribution in [3.05, 3.63) is 65.0 Å². The maximum atomic E-state index is 13.2. The largest absolute Gasteiger partial charge is 0.489 e. The first-order valence-corrected chi connectivity index (χ1v) is 7.11.